The number of carbonyl (C=O) groups is 1. The van der Waals surface area contributed by atoms with Crippen LogP contribution in [0.5, 0.6) is 0 Å². The number of rotatable bonds is 1. The lowest BCUT2D eigenvalue weighted by Gasteiger charge is -2.00. The molecule has 0 aliphatic heterocycles. The van der Waals surface area contributed by atoms with Gasteiger partial charge in [0.1, 0.15) is 11.5 Å². The minimum atomic E-state index is -2.57. The third-order valence-corrected chi connectivity index (χ3v) is 1.37. The molecule has 1 heterocycles. The Kier molecular flexibility index (Phi) is 1.44. The maximum Gasteiger partial charge on any atom is 0.269 e. The Labute approximate surface area is 73.8 Å². The maximum absolute atomic E-state index is 12.8. The largest absolute Gasteiger partial charge is 0.354 e. The van der Waals surface area contributed by atoms with Crippen molar-refractivity contribution in [3.05, 3.63) is 29.3 Å². The van der Waals surface area contributed by atoms with Gasteiger partial charge < -0.3 is 5.32 Å². The third kappa shape index (κ3) is 1.58. The van der Waals surface area contributed by atoms with Gasteiger partial charge in [-0.1, -0.05) is 0 Å². The number of aromatic nitrogens is 1. The van der Waals surface area contributed by atoms with Gasteiger partial charge in [-0.25, -0.2) is 9.37 Å². The fourth-order valence-corrected chi connectivity index (χ4v) is 0.735. The van der Waals surface area contributed by atoms with Crippen LogP contribution in [0.2, 0.25) is 0 Å². The first kappa shape index (κ1) is 5.24. The first-order valence-corrected chi connectivity index (χ1v) is 3.25. The summed E-state index contributed by atoms with van der Waals surface area (Å²) in [7, 11) is 0. The SMILES string of the molecule is [2H]C([2H])([2H])NC(=O)c1ccc(F)c(C)n1. The molecule has 0 radical (unpaired) electrons. The van der Waals surface area contributed by atoms with Crippen molar-refractivity contribution in [2.24, 2.45) is 0 Å². The minimum Gasteiger partial charge on any atom is -0.354 e. The Bertz CT molecular complexity index is 392. The van der Waals surface area contributed by atoms with Crippen molar-refractivity contribution in [2.45, 2.75) is 6.92 Å². The summed E-state index contributed by atoms with van der Waals surface area (Å²) in [5.74, 6) is -1.39. The van der Waals surface area contributed by atoms with E-state index in [0.717, 1.165) is 12.1 Å². The fraction of sp³-hybridized carbons (Fsp3) is 0.250. The molecular formula is C8H9FN2O. The Hall–Kier alpha value is -1.45. The number of amides is 1. The lowest BCUT2D eigenvalue weighted by atomic mass is 10.3. The van der Waals surface area contributed by atoms with Crippen LogP contribution in [0.15, 0.2) is 12.1 Å². The summed E-state index contributed by atoms with van der Waals surface area (Å²) < 4.78 is 33.2. The first-order chi connectivity index (χ1) is 6.79. The van der Waals surface area contributed by atoms with Crippen molar-refractivity contribution in [3.63, 3.8) is 0 Å². The molecule has 0 aromatic carbocycles. The molecule has 3 nitrogen and oxygen atoms in total. The van der Waals surface area contributed by atoms with E-state index in [0.29, 0.717) is 0 Å². The topological polar surface area (TPSA) is 42.0 Å². The fourth-order valence-electron chi connectivity index (χ4n) is 0.735. The van der Waals surface area contributed by atoms with Gasteiger partial charge in [-0.05, 0) is 19.1 Å². The molecule has 0 spiro atoms. The molecule has 0 unspecified atom stereocenters. The van der Waals surface area contributed by atoms with Crippen LogP contribution in [0.1, 0.15) is 20.3 Å². The molecule has 4 heteroatoms. The number of hydrogen-bond acceptors (Lipinski definition) is 2. The zero-order chi connectivity index (χ0) is 11.6. The molecule has 1 amide bonds. The van der Waals surface area contributed by atoms with Crippen LogP contribution >= 0.6 is 0 Å². The normalized spacial score (nSPS) is 14.3. The van der Waals surface area contributed by atoms with Gasteiger partial charge in [0.2, 0.25) is 0 Å². The van der Waals surface area contributed by atoms with E-state index < -0.39 is 18.7 Å². The maximum atomic E-state index is 12.8. The molecule has 0 aliphatic rings. The summed E-state index contributed by atoms with van der Waals surface area (Å²) in [6.07, 6.45) is 0. The van der Waals surface area contributed by atoms with E-state index in [4.69, 9.17) is 4.11 Å². The first-order valence-electron chi connectivity index (χ1n) is 4.75. The quantitative estimate of drug-likeness (QED) is 0.681. The lowest BCUT2D eigenvalue weighted by Crippen LogP contribution is -2.19. The number of hydrogen-bond donors (Lipinski definition) is 1. The smallest absolute Gasteiger partial charge is 0.269 e. The van der Waals surface area contributed by atoms with Gasteiger partial charge in [-0.2, -0.15) is 0 Å². The van der Waals surface area contributed by atoms with Crippen LogP contribution in [0, 0.1) is 12.7 Å². The molecule has 64 valence electrons. The van der Waals surface area contributed by atoms with E-state index in [-0.39, 0.29) is 11.4 Å². The molecule has 0 bridgehead atoms. The highest BCUT2D eigenvalue weighted by Crippen LogP contribution is 2.03. The van der Waals surface area contributed by atoms with Crippen LogP contribution in [0.3, 0.4) is 0 Å². The Balaban J connectivity index is 2.88. The van der Waals surface area contributed by atoms with Crippen LogP contribution < -0.4 is 5.32 Å². The van der Waals surface area contributed by atoms with Gasteiger partial charge in [0.25, 0.3) is 5.91 Å². The number of aryl methyl sites for hydroxylation is 1. The molecule has 1 rings (SSSR count). The summed E-state index contributed by atoms with van der Waals surface area (Å²) >= 11 is 0. The number of pyridine rings is 1. The van der Waals surface area contributed by atoms with E-state index in [1.54, 1.807) is 5.32 Å². The van der Waals surface area contributed by atoms with Crippen molar-refractivity contribution < 1.29 is 13.3 Å². The van der Waals surface area contributed by atoms with Crippen molar-refractivity contribution in [1.29, 1.82) is 0 Å². The second-order valence-corrected chi connectivity index (χ2v) is 2.22. The highest BCUT2D eigenvalue weighted by atomic mass is 19.1. The van der Waals surface area contributed by atoms with Crippen LogP contribution in [-0.4, -0.2) is 17.9 Å². The van der Waals surface area contributed by atoms with E-state index >= 15 is 0 Å². The van der Waals surface area contributed by atoms with Crippen molar-refractivity contribution in [1.82, 2.24) is 10.3 Å². The number of nitrogens with one attached hydrogen (secondary N) is 1. The van der Waals surface area contributed by atoms with Gasteiger partial charge in [-0.3, -0.25) is 4.79 Å². The molecule has 0 fully saturated rings. The number of halogens is 1. The Morgan fingerprint density at radius 3 is 3.08 bits per heavy atom. The molecule has 1 aromatic rings. The molecule has 0 aliphatic carbocycles. The van der Waals surface area contributed by atoms with Crippen LogP contribution in [0.25, 0.3) is 0 Å². The third-order valence-electron chi connectivity index (χ3n) is 1.37. The highest BCUT2D eigenvalue weighted by molar-refractivity contribution is 5.91. The summed E-state index contributed by atoms with van der Waals surface area (Å²) in [5.41, 5.74) is -0.0711. The molecule has 1 aromatic heterocycles. The van der Waals surface area contributed by atoms with Gasteiger partial charge in [0, 0.05) is 11.1 Å². The van der Waals surface area contributed by atoms with Crippen molar-refractivity contribution in [3.8, 4) is 0 Å². The Morgan fingerprint density at radius 1 is 1.75 bits per heavy atom. The zero-order valence-corrected chi connectivity index (χ0v) is 6.39. The predicted molar refractivity (Wildman–Crippen MR) is 42.3 cm³/mol. The van der Waals surface area contributed by atoms with Gasteiger partial charge in [0.15, 0.2) is 0 Å². The standard InChI is InChI=1S/C8H9FN2O/c1-5-6(9)3-4-7(11-5)8(12)10-2/h3-4H,1-2H3,(H,10,12)/i2D3. The van der Waals surface area contributed by atoms with Crippen LogP contribution in [-0.2, 0) is 0 Å². The second-order valence-electron chi connectivity index (χ2n) is 2.22. The van der Waals surface area contributed by atoms with Crippen molar-refractivity contribution >= 4 is 5.91 Å². The molecule has 12 heavy (non-hydrogen) atoms. The van der Waals surface area contributed by atoms with Gasteiger partial charge >= 0.3 is 0 Å². The van der Waals surface area contributed by atoms with E-state index in [1.807, 2.05) is 0 Å². The minimum absolute atomic E-state index is 0.0493. The lowest BCUT2D eigenvalue weighted by molar-refractivity contribution is 0.0958. The summed E-state index contributed by atoms with van der Waals surface area (Å²) in [4.78, 5) is 14.9. The average Bonchev–Trinajstić information content (AvgIpc) is 2.06. The monoisotopic (exact) mass is 171 g/mol. The predicted octanol–water partition coefficient (Wildman–Crippen LogP) is 0.889. The molecule has 0 atom stereocenters. The molecule has 1 N–H and O–H groups in total. The zero-order valence-electron chi connectivity index (χ0n) is 9.39. The highest BCUT2D eigenvalue weighted by Gasteiger charge is 2.06. The van der Waals surface area contributed by atoms with E-state index in [2.05, 4.69) is 4.98 Å². The number of nitrogens with zero attached hydrogens (tertiary/aromatic N) is 1. The van der Waals surface area contributed by atoms with Crippen molar-refractivity contribution in [2.75, 3.05) is 6.98 Å². The second kappa shape index (κ2) is 3.30. The summed E-state index contributed by atoms with van der Waals surface area (Å²) in [5, 5.41) is 1.76. The molecule has 0 saturated heterocycles. The van der Waals surface area contributed by atoms with E-state index in [9.17, 15) is 9.18 Å². The van der Waals surface area contributed by atoms with Gasteiger partial charge in [0.05, 0.1) is 5.69 Å². The molecular weight excluding hydrogens is 159 g/mol. The van der Waals surface area contributed by atoms with Crippen LogP contribution in [0.4, 0.5) is 4.39 Å². The molecule has 0 saturated carbocycles. The average molecular weight is 171 g/mol. The number of carbonyl (C=O) groups excluding carboxylic acids is 1. The van der Waals surface area contributed by atoms with Gasteiger partial charge in [-0.15, -0.1) is 0 Å². The van der Waals surface area contributed by atoms with E-state index in [1.165, 1.54) is 6.92 Å². The summed E-state index contributed by atoms with van der Waals surface area (Å²) in [6, 6.07) is 2.19. The Morgan fingerprint density at radius 2 is 2.50 bits per heavy atom. The summed E-state index contributed by atoms with van der Waals surface area (Å²) in [6.45, 7) is -1.18.